The number of nitrogens with two attached hydrogens (primary N) is 1. The number of amides is 3. The van der Waals surface area contributed by atoms with Gasteiger partial charge < -0.3 is 16.2 Å². The van der Waals surface area contributed by atoms with Crippen LogP contribution in [0.4, 0.5) is 4.79 Å². The molecule has 2 heterocycles. The van der Waals surface area contributed by atoms with E-state index in [9.17, 15) is 24.3 Å². The Bertz CT molecular complexity index is 1380. The number of urea groups is 1. The molecule has 2 saturated carbocycles. The van der Waals surface area contributed by atoms with Crippen LogP contribution in [0.15, 0.2) is 44.9 Å². The third-order valence-corrected chi connectivity index (χ3v) is 8.13. The van der Waals surface area contributed by atoms with Gasteiger partial charge in [0.2, 0.25) is 5.88 Å². The molecule has 11 nitrogen and oxygen atoms in total. The first-order valence-electron chi connectivity index (χ1n) is 12.1. The van der Waals surface area contributed by atoms with Crippen LogP contribution in [-0.4, -0.2) is 56.5 Å². The summed E-state index contributed by atoms with van der Waals surface area (Å²) in [6.45, 7) is 0.0737. The van der Waals surface area contributed by atoms with E-state index in [2.05, 4.69) is 10.3 Å². The summed E-state index contributed by atoms with van der Waals surface area (Å²) in [5, 5.41) is 13.7. The van der Waals surface area contributed by atoms with Crippen molar-refractivity contribution >= 4 is 17.8 Å². The number of aromatic hydroxyl groups is 1. The Morgan fingerprint density at radius 1 is 1.14 bits per heavy atom. The molecule has 0 bridgehead atoms. The van der Waals surface area contributed by atoms with Crippen LogP contribution in [0.2, 0.25) is 0 Å². The number of aliphatic imine (C=N–C) groups is 1. The van der Waals surface area contributed by atoms with E-state index in [0.29, 0.717) is 38.5 Å². The highest BCUT2D eigenvalue weighted by Crippen LogP contribution is 2.59. The van der Waals surface area contributed by atoms with Gasteiger partial charge >= 0.3 is 11.7 Å². The van der Waals surface area contributed by atoms with Gasteiger partial charge in [0.15, 0.2) is 0 Å². The van der Waals surface area contributed by atoms with Crippen LogP contribution in [0, 0.1) is 5.41 Å². The second-order valence-electron chi connectivity index (χ2n) is 10.3. The molecule has 3 fully saturated rings. The Labute approximate surface area is 207 Å². The van der Waals surface area contributed by atoms with Crippen LogP contribution in [0.3, 0.4) is 0 Å². The molecule has 1 saturated heterocycles. The van der Waals surface area contributed by atoms with Crippen molar-refractivity contribution in [1.82, 2.24) is 19.4 Å². The van der Waals surface area contributed by atoms with Gasteiger partial charge in [0, 0.05) is 20.1 Å². The van der Waals surface area contributed by atoms with Crippen LogP contribution in [0.5, 0.6) is 5.88 Å². The molecule has 2 aromatic rings. The topological polar surface area (TPSA) is 152 Å². The van der Waals surface area contributed by atoms with E-state index >= 15 is 0 Å². The third-order valence-electron chi connectivity index (χ3n) is 8.13. The van der Waals surface area contributed by atoms with Gasteiger partial charge in [0.25, 0.3) is 11.5 Å². The molecule has 4 N–H and O–H groups in total. The Morgan fingerprint density at radius 2 is 1.78 bits per heavy atom. The largest absolute Gasteiger partial charge is 0.494 e. The number of nitrogens with zero attached hydrogens (tertiary/aromatic N) is 4. The highest BCUT2D eigenvalue weighted by atomic mass is 16.3. The third kappa shape index (κ3) is 3.52. The van der Waals surface area contributed by atoms with E-state index in [1.54, 1.807) is 0 Å². The molecule has 36 heavy (non-hydrogen) atoms. The van der Waals surface area contributed by atoms with Crippen LogP contribution in [0.1, 0.15) is 55.7 Å². The smallest absolute Gasteiger partial charge is 0.334 e. The number of likely N-dealkylation sites (N-methyl/N-ethyl adjacent to an activating group) is 1. The number of imide groups is 1. The minimum Gasteiger partial charge on any atom is -0.494 e. The lowest BCUT2D eigenvalue weighted by Gasteiger charge is -2.55. The van der Waals surface area contributed by atoms with E-state index in [0.717, 1.165) is 15.0 Å². The fourth-order valence-electron chi connectivity index (χ4n) is 6.28. The number of nitrogens with one attached hydrogen (secondary N) is 1. The van der Waals surface area contributed by atoms with E-state index in [4.69, 9.17) is 5.73 Å². The summed E-state index contributed by atoms with van der Waals surface area (Å²) in [7, 11) is 2.90. The maximum Gasteiger partial charge on any atom is 0.334 e. The summed E-state index contributed by atoms with van der Waals surface area (Å²) >= 11 is 0. The fourth-order valence-corrected chi connectivity index (χ4v) is 6.28. The number of carbonyl (C=O) groups is 2. The zero-order chi connectivity index (χ0) is 25.8. The predicted octanol–water partition coefficient (Wildman–Crippen LogP) is 0.915. The summed E-state index contributed by atoms with van der Waals surface area (Å²) in [5.41, 5.74) is 4.39. The van der Waals surface area contributed by atoms with Gasteiger partial charge in [-0.3, -0.25) is 28.6 Å². The minimum absolute atomic E-state index is 0.0737. The molecule has 2 aliphatic carbocycles. The van der Waals surface area contributed by atoms with Crippen LogP contribution in [-0.2, 0) is 11.3 Å². The first-order chi connectivity index (χ1) is 17.1. The summed E-state index contributed by atoms with van der Waals surface area (Å²) < 4.78 is 2.36. The molecular weight excluding hydrogens is 464 g/mol. The minimum atomic E-state index is -0.824. The highest BCUT2D eigenvalue weighted by Gasteiger charge is 2.64. The van der Waals surface area contributed by atoms with Gasteiger partial charge in [-0.1, -0.05) is 30.3 Å². The van der Waals surface area contributed by atoms with Crippen LogP contribution >= 0.6 is 0 Å². The molecule has 3 amide bonds. The van der Waals surface area contributed by atoms with Gasteiger partial charge in [0.05, 0.1) is 6.54 Å². The van der Waals surface area contributed by atoms with Crippen molar-refractivity contribution in [2.75, 3.05) is 14.1 Å². The fraction of sp³-hybridized carbons (Fsp3) is 0.480. The predicted molar refractivity (Wildman–Crippen MR) is 132 cm³/mol. The standard InChI is InChI=1S/C25H30N6O5/c1-27-18(26)17-19(32)30(12-15-6-4-3-5-7-15)23(36)31(20(17)33)16-8-10-24(11-9-16)13-25(14-24)21(34)29(2)22(35)28-25/h3-7,16,32H,8-14H2,1-2H3,(H2,26,27)(H,28,35). The zero-order valence-corrected chi connectivity index (χ0v) is 20.4. The van der Waals surface area contributed by atoms with Crippen molar-refractivity contribution in [2.24, 2.45) is 16.1 Å². The number of aromatic nitrogens is 2. The SMILES string of the molecule is CN=C(N)c1c(O)n(Cc2ccccc2)c(=O)n(C2CCC3(CC2)CC2(C3)NC(=O)N(C)C2=O)c1=O. The first-order valence-corrected chi connectivity index (χ1v) is 12.1. The summed E-state index contributed by atoms with van der Waals surface area (Å²) in [6.07, 6.45) is 3.66. The van der Waals surface area contributed by atoms with Gasteiger partial charge in [0.1, 0.15) is 16.9 Å². The molecule has 2 spiro atoms. The van der Waals surface area contributed by atoms with E-state index in [-0.39, 0.29) is 41.3 Å². The molecule has 5 rings (SSSR count). The van der Waals surface area contributed by atoms with Crippen LogP contribution < -0.4 is 22.3 Å². The van der Waals surface area contributed by atoms with E-state index < -0.39 is 22.7 Å². The van der Waals surface area contributed by atoms with Gasteiger partial charge in [-0.25, -0.2) is 9.59 Å². The average molecular weight is 495 g/mol. The second kappa shape index (κ2) is 8.35. The van der Waals surface area contributed by atoms with Crippen molar-refractivity contribution in [3.8, 4) is 5.88 Å². The Kier molecular flexibility index (Phi) is 5.53. The molecule has 190 valence electrons. The molecule has 0 radical (unpaired) electrons. The van der Waals surface area contributed by atoms with Crippen LogP contribution in [0.25, 0.3) is 0 Å². The Balaban J connectivity index is 1.45. The number of amidine groups is 1. The monoisotopic (exact) mass is 494 g/mol. The van der Waals surface area contributed by atoms with Crippen molar-refractivity contribution in [3.05, 3.63) is 62.3 Å². The van der Waals surface area contributed by atoms with Gasteiger partial charge in [-0.05, 0) is 49.5 Å². The molecule has 0 atom stereocenters. The number of hydrogen-bond donors (Lipinski definition) is 3. The maximum atomic E-state index is 13.5. The molecule has 1 aliphatic heterocycles. The van der Waals surface area contributed by atoms with E-state index in [1.807, 2.05) is 30.3 Å². The van der Waals surface area contributed by atoms with Crippen molar-refractivity contribution in [2.45, 2.75) is 56.7 Å². The number of benzene rings is 1. The second-order valence-corrected chi connectivity index (χ2v) is 10.3. The van der Waals surface area contributed by atoms with E-state index in [1.165, 1.54) is 18.7 Å². The molecule has 11 heteroatoms. The molecule has 1 aromatic carbocycles. The van der Waals surface area contributed by atoms with Crippen molar-refractivity contribution in [1.29, 1.82) is 0 Å². The lowest BCUT2D eigenvalue weighted by molar-refractivity contribution is -0.141. The summed E-state index contributed by atoms with van der Waals surface area (Å²) in [6, 6.07) is 8.42. The van der Waals surface area contributed by atoms with Crippen molar-refractivity contribution < 1.29 is 14.7 Å². The Hall–Kier alpha value is -3.89. The summed E-state index contributed by atoms with van der Waals surface area (Å²) in [5.74, 6) is -0.834. The van der Waals surface area contributed by atoms with Gasteiger partial charge in [-0.15, -0.1) is 0 Å². The average Bonchev–Trinajstić information content (AvgIpc) is 3.07. The molecule has 3 aliphatic rings. The summed E-state index contributed by atoms with van der Waals surface area (Å²) in [4.78, 5) is 56.5. The lowest BCUT2D eigenvalue weighted by Crippen LogP contribution is -2.63. The number of rotatable bonds is 4. The van der Waals surface area contributed by atoms with Crippen molar-refractivity contribution in [3.63, 3.8) is 0 Å². The molecule has 1 aromatic heterocycles. The Morgan fingerprint density at radius 3 is 2.33 bits per heavy atom. The molecular formula is C25H30N6O5. The maximum absolute atomic E-state index is 13.5. The zero-order valence-electron chi connectivity index (χ0n) is 20.4. The number of carbonyl (C=O) groups excluding carboxylic acids is 2. The number of hydrogen-bond acceptors (Lipinski definition) is 6. The quantitative estimate of drug-likeness (QED) is 0.326. The normalized spacial score (nSPS) is 28.0. The molecule has 0 unspecified atom stereocenters. The first kappa shape index (κ1) is 23.8. The highest BCUT2D eigenvalue weighted by molar-refractivity contribution is 6.07. The van der Waals surface area contributed by atoms with Gasteiger partial charge in [-0.2, -0.15) is 0 Å². The lowest BCUT2D eigenvalue weighted by atomic mass is 9.51.